The van der Waals surface area contributed by atoms with Crippen LogP contribution in [-0.2, 0) is 10.0 Å². The first-order chi connectivity index (χ1) is 9.47. The zero-order valence-electron chi connectivity index (χ0n) is 11.3. The maximum Gasteiger partial charge on any atom is 0.241 e. The predicted molar refractivity (Wildman–Crippen MR) is 74.4 cm³/mol. The van der Waals surface area contributed by atoms with Crippen molar-refractivity contribution in [3.05, 3.63) is 29.3 Å². The Hall–Kier alpha value is -1.42. The first-order valence-electron chi connectivity index (χ1n) is 6.62. The number of aliphatic hydroxyl groups excluding tert-OH is 1. The summed E-state index contributed by atoms with van der Waals surface area (Å²) in [5.74, 6) is -0.0107. The molecule has 0 saturated heterocycles. The molecule has 108 valence electrons. The van der Waals surface area contributed by atoms with Gasteiger partial charge in [0.05, 0.1) is 16.5 Å². The standard InChI is InChI=1S/C14H18N2O3S/c1-10-7-11(8-15)5-6-14(10)20(18,19)16-13-4-2-3-12(13)9-17/h5-7,12-13,16-17H,2-4,9H2,1H3. The highest BCUT2D eigenvalue weighted by Crippen LogP contribution is 2.27. The molecule has 1 aromatic carbocycles. The van der Waals surface area contributed by atoms with Crippen molar-refractivity contribution in [1.29, 1.82) is 5.26 Å². The SMILES string of the molecule is Cc1cc(C#N)ccc1S(=O)(=O)NC1CCCC1CO. The first-order valence-corrected chi connectivity index (χ1v) is 8.10. The van der Waals surface area contributed by atoms with Crippen molar-refractivity contribution in [2.45, 2.75) is 37.1 Å². The molecule has 0 amide bonds. The molecule has 0 spiro atoms. The zero-order valence-corrected chi connectivity index (χ0v) is 12.2. The van der Waals surface area contributed by atoms with Gasteiger partial charge in [-0.3, -0.25) is 0 Å². The summed E-state index contributed by atoms with van der Waals surface area (Å²) < 4.78 is 27.5. The Morgan fingerprint density at radius 2 is 2.20 bits per heavy atom. The molecule has 2 unspecified atom stereocenters. The smallest absolute Gasteiger partial charge is 0.241 e. The van der Waals surface area contributed by atoms with E-state index in [1.807, 2.05) is 6.07 Å². The van der Waals surface area contributed by atoms with Crippen LogP contribution in [0.15, 0.2) is 23.1 Å². The topological polar surface area (TPSA) is 90.2 Å². The highest BCUT2D eigenvalue weighted by molar-refractivity contribution is 7.89. The van der Waals surface area contributed by atoms with Gasteiger partial charge in [0.25, 0.3) is 0 Å². The molecular formula is C14H18N2O3S. The lowest BCUT2D eigenvalue weighted by atomic mass is 10.1. The molecular weight excluding hydrogens is 276 g/mol. The molecule has 0 aliphatic heterocycles. The molecule has 1 aliphatic carbocycles. The summed E-state index contributed by atoms with van der Waals surface area (Å²) in [6, 6.07) is 6.30. The number of nitriles is 1. The number of hydrogen-bond donors (Lipinski definition) is 2. The number of aliphatic hydroxyl groups is 1. The number of sulfonamides is 1. The Labute approximate surface area is 119 Å². The van der Waals surface area contributed by atoms with E-state index in [9.17, 15) is 13.5 Å². The Kier molecular flexibility index (Phi) is 4.43. The summed E-state index contributed by atoms with van der Waals surface area (Å²) in [7, 11) is -3.61. The summed E-state index contributed by atoms with van der Waals surface area (Å²) in [4.78, 5) is 0.195. The molecule has 5 nitrogen and oxygen atoms in total. The minimum atomic E-state index is -3.61. The van der Waals surface area contributed by atoms with Crippen LogP contribution < -0.4 is 4.72 Å². The van der Waals surface area contributed by atoms with Gasteiger partial charge in [0.2, 0.25) is 10.0 Å². The van der Waals surface area contributed by atoms with Gasteiger partial charge < -0.3 is 5.11 Å². The van der Waals surface area contributed by atoms with E-state index < -0.39 is 10.0 Å². The second kappa shape index (κ2) is 5.92. The van der Waals surface area contributed by atoms with Crippen molar-refractivity contribution in [2.75, 3.05) is 6.61 Å². The van der Waals surface area contributed by atoms with Gasteiger partial charge in [-0.1, -0.05) is 6.42 Å². The van der Waals surface area contributed by atoms with E-state index in [0.717, 1.165) is 19.3 Å². The Bertz CT molecular complexity index is 634. The van der Waals surface area contributed by atoms with Gasteiger partial charge in [0.15, 0.2) is 0 Å². The third-order valence-corrected chi connectivity index (χ3v) is 5.44. The van der Waals surface area contributed by atoms with Gasteiger partial charge in [0, 0.05) is 12.6 Å². The summed E-state index contributed by atoms with van der Waals surface area (Å²) in [5.41, 5.74) is 0.991. The fraction of sp³-hybridized carbons (Fsp3) is 0.500. The van der Waals surface area contributed by atoms with Crippen molar-refractivity contribution in [3.63, 3.8) is 0 Å². The summed E-state index contributed by atoms with van der Waals surface area (Å²) in [5, 5.41) is 18.1. The molecule has 0 radical (unpaired) electrons. The second-order valence-electron chi connectivity index (χ2n) is 5.19. The molecule has 0 aromatic heterocycles. The van der Waals surface area contributed by atoms with E-state index in [4.69, 9.17) is 5.26 Å². The zero-order chi connectivity index (χ0) is 14.8. The number of rotatable bonds is 4. The maximum atomic E-state index is 12.4. The molecule has 1 aromatic rings. The van der Waals surface area contributed by atoms with Crippen LogP contribution in [0.3, 0.4) is 0 Å². The van der Waals surface area contributed by atoms with E-state index in [-0.39, 0.29) is 23.5 Å². The van der Waals surface area contributed by atoms with Gasteiger partial charge in [-0.05, 0) is 49.4 Å². The molecule has 2 atom stereocenters. The van der Waals surface area contributed by atoms with Crippen molar-refractivity contribution in [2.24, 2.45) is 5.92 Å². The van der Waals surface area contributed by atoms with Crippen LogP contribution in [0.5, 0.6) is 0 Å². The minimum Gasteiger partial charge on any atom is -0.396 e. The molecule has 6 heteroatoms. The highest BCUT2D eigenvalue weighted by Gasteiger charge is 2.31. The quantitative estimate of drug-likeness (QED) is 0.876. The van der Waals surface area contributed by atoms with Crippen molar-refractivity contribution >= 4 is 10.0 Å². The molecule has 0 heterocycles. The number of nitrogens with one attached hydrogen (secondary N) is 1. The third kappa shape index (κ3) is 3.01. The van der Waals surface area contributed by atoms with Crippen LogP contribution in [0, 0.1) is 24.2 Å². The average Bonchev–Trinajstić information content (AvgIpc) is 2.84. The number of benzene rings is 1. The van der Waals surface area contributed by atoms with Gasteiger partial charge in [0.1, 0.15) is 0 Å². The van der Waals surface area contributed by atoms with E-state index >= 15 is 0 Å². The van der Waals surface area contributed by atoms with Crippen molar-refractivity contribution in [3.8, 4) is 6.07 Å². The maximum absolute atomic E-state index is 12.4. The van der Waals surface area contributed by atoms with Crippen LogP contribution >= 0.6 is 0 Å². The Balaban J connectivity index is 2.25. The van der Waals surface area contributed by atoms with Crippen LogP contribution in [0.25, 0.3) is 0 Å². The Morgan fingerprint density at radius 3 is 2.80 bits per heavy atom. The number of hydrogen-bond acceptors (Lipinski definition) is 4. The Morgan fingerprint density at radius 1 is 1.45 bits per heavy atom. The van der Waals surface area contributed by atoms with Crippen LogP contribution in [0.4, 0.5) is 0 Å². The second-order valence-corrected chi connectivity index (χ2v) is 6.88. The molecule has 0 bridgehead atoms. The van der Waals surface area contributed by atoms with Gasteiger partial charge in [-0.2, -0.15) is 5.26 Å². The normalized spacial score (nSPS) is 22.6. The third-order valence-electron chi connectivity index (χ3n) is 3.79. The fourth-order valence-electron chi connectivity index (χ4n) is 2.69. The van der Waals surface area contributed by atoms with E-state index in [1.165, 1.54) is 12.1 Å². The van der Waals surface area contributed by atoms with E-state index in [0.29, 0.717) is 11.1 Å². The average molecular weight is 294 g/mol. The van der Waals surface area contributed by atoms with E-state index in [1.54, 1.807) is 13.0 Å². The van der Waals surface area contributed by atoms with Crippen LogP contribution in [0.1, 0.15) is 30.4 Å². The lowest BCUT2D eigenvalue weighted by Gasteiger charge is -2.19. The largest absolute Gasteiger partial charge is 0.396 e. The molecule has 20 heavy (non-hydrogen) atoms. The lowest BCUT2D eigenvalue weighted by Crippen LogP contribution is -2.38. The van der Waals surface area contributed by atoms with Crippen molar-refractivity contribution in [1.82, 2.24) is 4.72 Å². The molecule has 2 rings (SSSR count). The van der Waals surface area contributed by atoms with Crippen LogP contribution in [-0.4, -0.2) is 26.2 Å². The summed E-state index contributed by atoms with van der Waals surface area (Å²) in [6.45, 7) is 1.67. The molecule has 1 saturated carbocycles. The molecule has 2 N–H and O–H groups in total. The van der Waals surface area contributed by atoms with Gasteiger partial charge in [-0.25, -0.2) is 13.1 Å². The van der Waals surface area contributed by atoms with Crippen LogP contribution in [0.2, 0.25) is 0 Å². The summed E-state index contributed by atoms with van der Waals surface area (Å²) >= 11 is 0. The predicted octanol–water partition coefficient (Wildman–Crippen LogP) is 1.31. The monoisotopic (exact) mass is 294 g/mol. The molecule has 1 aliphatic rings. The first kappa shape index (κ1) is 15.0. The highest BCUT2D eigenvalue weighted by atomic mass is 32.2. The minimum absolute atomic E-state index is 0.000457. The van der Waals surface area contributed by atoms with E-state index in [2.05, 4.69) is 4.72 Å². The van der Waals surface area contributed by atoms with Gasteiger partial charge in [-0.15, -0.1) is 0 Å². The summed E-state index contributed by atoms with van der Waals surface area (Å²) in [6.07, 6.45) is 2.51. The van der Waals surface area contributed by atoms with Crippen molar-refractivity contribution < 1.29 is 13.5 Å². The lowest BCUT2D eigenvalue weighted by molar-refractivity contribution is 0.213. The van der Waals surface area contributed by atoms with Gasteiger partial charge >= 0.3 is 0 Å². The molecule has 1 fully saturated rings. The number of nitrogens with zero attached hydrogens (tertiary/aromatic N) is 1. The fourth-order valence-corrected chi connectivity index (χ4v) is 4.26. The number of aryl methyl sites for hydroxylation is 1.